The minimum atomic E-state index is -2.13. The van der Waals surface area contributed by atoms with E-state index in [1.165, 1.54) is 16.3 Å². The molecule has 1 nitrogen and oxygen atoms in total. The third kappa shape index (κ3) is 10.5. The third-order valence-electron chi connectivity index (χ3n) is 3.04. The molecular formula is C19H21Cl3NZr-2. The largest absolute Gasteiger partial charge is 0.168 e. The Hall–Kier alpha value is -0.367. The van der Waals surface area contributed by atoms with Crippen LogP contribution in [0.4, 0.5) is 0 Å². The molecule has 3 aromatic rings. The van der Waals surface area contributed by atoms with Gasteiger partial charge in [-0.05, 0) is 20.6 Å². The second kappa shape index (κ2) is 12.9. The van der Waals surface area contributed by atoms with E-state index in [1.54, 1.807) is 0 Å². The van der Waals surface area contributed by atoms with Crippen LogP contribution < -0.4 is 0 Å². The molecular weight excluding hydrogens is 440 g/mol. The molecule has 0 fully saturated rings. The van der Waals surface area contributed by atoms with E-state index >= 15 is 0 Å². The molecule has 0 saturated carbocycles. The number of rotatable bonds is 3. The fraction of sp³-hybridized carbons (Fsp3) is 0.158. The summed E-state index contributed by atoms with van der Waals surface area (Å²) >= 11 is -2.13. The molecule has 0 aliphatic heterocycles. The van der Waals surface area contributed by atoms with E-state index < -0.39 is 18.2 Å². The van der Waals surface area contributed by atoms with Crippen LogP contribution in [0, 0.1) is 6.42 Å². The molecule has 0 N–H and O–H groups in total. The van der Waals surface area contributed by atoms with E-state index in [9.17, 15) is 0 Å². The molecule has 3 rings (SSSR count). The third-order valence-corrected chi connectivity index (χ3v) is 3.04. The van der Waals surface area contributed by atoms with E-state index in [4.69, 9.17) is 25.5 Å². The van der Waals surface area contributed by atoms with Crippen LogP contribution in [-0.4, -0.2) is 25.5 Å². The van der Waals surface area contributed by atoms with Crippen molar-refractivity contribution in [2.75, 3.05) is 20.6 Å². The molecule has 0 amide bonds. The Kier molecular flexibility index (Phi) is 11.7. The van der Waals surface area contributed by atoms with Crippen molar-refractivity contribution in [2.45, 2.75) is 0 Å². The fourth-order valence-electron chi connectivity index (χ4n) is 1.95. The molecule has 0 unspecified atom stereocenters. The molecule has 0 atom stereocenters. The maximum atomic E-state index is 5.00. The number of likely N-dealkylation sites (N-methyl/N-ethyl adjacent to an activating group) is 1. The van der Waals surface area contributed by atoms with Crippen molar-refractivity contribution in [1.82, 2.24) is 4.90 Å². The summed E-state index contributed by atoms with van der Waals surface area (Å²) in [6.07, 6.45) is 2.21. The summed E-state index contributed by atoms with van der Waals surface area (Å²) in [6.45, 7) is 1.00. The Morgan fingerprint density at radius 2 is 1.50 bits per heavy atom. The molecule has 0 aliphatic carbocycles. The van der Waals surface area contributed by atoms with Gasteiger partial charge in [0, 0.05) is 0 Å². The predicted octanol–water partition coefficient (Wildman–Crippen LogP) is 6.43. The monoisotopic (exact) mass is 458 g/mol. The molecule has 0 saturated heterocycles. The Bertz CT molecular complexity index is 635. The van der Waals surface area contributed by atoms with Crippen molar-refractivity contribution in [3.8, 4) is 0 Å². The second-order valence-corrected chi connectivity index (χ2v) is 16.4. The van der Waals surface area contributed by atoms with Crippen LogP contribution >= 0.6 is 25.5 Å². The summed E-state index contributed by atoms with van der Waals surface area (Å²) in [4.78, 5) is 2.15. The first-order valence-electron chi connectivity index (χ1n) is 7.46. The number of fused-ring (bicyclic) bond motifs is 1. The van der Waals surface area contributed by atoms with Gasteiger partial charge in [-0.2, -0.15) is 41.6 Å². The second-order valence-electron chi connectivity index (χ2n) is 5.25. The molecule has 129 valence electrons. The summed E-state index contributed by atoms with van der Waals surface area (Å²) in [6, 6.07) is 25.0. The topological polar surface area (TPSA) is 3.24 Å². The van der Waals surface area contributed by atoms with Gasteiger partial charge in [-0.1, -0.05) is 12.1 Å². The van der Waals surface area contributed by atoms with Gasteiger partial charge in [-0.3, -0.25) is 0 Å². The summed E-state index contributed by atoms with van der Waals surface area (Å²) in [7, 11) is 19.1. The minimum absolute atomic E-state index is 1.00. The van der Waals surface area contributed by atoms with Gasteiger partial charge >= 0.3 is 43.7 Å². The molecule has 0 aromatic heterocycles. The van der Waals surface area contributed by atoms with E-state index in [2.05, 4.69) is 92.1 Å². The van der Waals surface area contributed by atoms with E-state index in [-0.39, 0.29) is 0 Å². The van der Waals surface area contributed by atoms with Gasteiger partial charge in [0.2, 0.25) is 0 Å². The summed E-state index contributed by atoms with van der Waals surface area (Å²) < 4.78 is 0. The fourth-order valence-corrected chi connectivity index (χ4v) is 1.95. The van der Waals surface area contributed by atoms with Gasteiger partial charge in [0.05, 0.1) is 0 Å². The molecule has 0 radical (unpaired) electrons. The molecule has 0 spiro atoms. The van der Waals surface area contributed by atoms with Gasteiger partial charge in [0.25, 0.3) is 0 Å². The molecule has 0 bridgehead atoms. The zero-order valence-electron chi connectivity index (χ0n) is 13.8. The van der Waals surface area contributed by atoms with Crippen LogP contribution in [0.3, 0.4) is 0 Å². The number of hydrogen-bond acceptors (Lipinski definition) is 1. The zero-order chi connectivity index (χ0) is 17.8. The number of benzene rings is 2. The number of halogens is 3. The van der Waals surface area contributed by atoms with Crippen molar-refractivity contribution >= 4 is 36.3 Å². The maximum absolute atomic E-state index is 5.00. The van der Waals surface area contributed by atoms with Crippen molar-refractivity contribution in [3.05, 3.63) is 84.8 Å². The summed E-state index contributed by atoms with van der Waals surface area (Å²) in [5.41, 5.74) is 1.29. The van der Waals surface area contributed by atoms with Gasteiger partial charge in [0.1, 0.15) is 0 Å². The summed E-state index contributed by atoms with van der Waals surface area (Å²) in [5, 5.41) is 2.66. The standard InChI is InChI=1S/C10H14N.C9H7.3ClH.Zr/c1-11(2)9-8-10-6-4-3-5-7-10;1-2-5-9-7-3-6-8(9)4-1;;;;/h3-8H,9H2,1-2H3;1-7H;3*1H;/q2*-1;;;;+3/p-3. The molecule has 24 heavy (non-hydrogen) atoms. The van der Waals surface area contributed by atoms with E-state index in [1.807, 2.05) is 6.07 Å². The van der Waals surface area contributed by atoms with Crippen molar-refractivity contribution in [2.24, 2.45) is 0 Å². The number of nitrogens with zero attached hydrogens (tertiary/aromatic N) is 1. The van der Waals surface area contributed by atoms with Crippen LogP contribution in [0.5, 0.6) is 0 Å². The van der Waals surface area contributed by atoms with Crippen molar-refractivity contribution in [3.63, 3.8) is 0 Å². The smallest absolute Gasteiger partial charge is 0.0809 e. The minimum Gasteiger partial charge on any atom is -0.168 e. The maximum Gasteiger partial charge on any atom is -0.0809 e. The van der Waals surface area contributed by atoms with Gasteiger partial charge in [0.15, 0.2) is 0 Å². The van der Waals surface area contributed by atoms with Gasteiger partial charge in [-0.25, -0.2) is 0 Å². The molecule has 0 heterocycles. The first-order valence-corrected chi connectivity index (χ1v) is 17.0. The van der Waals surface area contributed by atoms with E-state index in [0.29, 0.717) is 0 Å². The Labute approximate surface area is 163 Å². The van der Waals surface area contributed by atoms with Crippen LogP contribution in [0.15, 0.2) is 72.8 Å². The van der Waals surface area contributed by atoms with Crippen LogP contribution in [0.1, 0.15) is 5.56 Å². The summed E-state index contributed by atoms with van der Waals surface area (Å²) in [5.74, 6) is 0. The van der Waals surface area contributed by atoms with Crippen molar-refractivity contribution in [1.29, 1.82) is 0 Å². The average Bonchev–Trinajstić information content (AvgIpc) is 3.03. The Morgan fingerprint density at radius 3 is 2.08 bits per heavy atom. The van der Waals surface area contributed by atoms with Gasteiger partial charge in [-0.15, -0.1) is 41.8 Å². The SMILES string of the molecule is CN(C)C[CH-]c1ccccc1.[Cl][Zr]([Cl])[Cl].c1ccc2[cH-]ccc2c1. The molecule has 5 heteroatoms. The molecule has 0 aliphatic rings. The van der Waals surface area contributed by atoms with Crippen LogP contribution in [0.25, 0.3) is 10.8 Å². The van der Waals surface area contributed by atoms with Gasteiger partial charge < -0.3 is 4.90 Å². The Balaban J connectivity index is 0.000000200. The first kappa shape index (κ1) is 21.7. The van der Waals surface area contributed by atoms with E-state index in [0.717, 1.165) is 6.54 Å². The average molecular weight is 461 g/mol. The van der Waals surface area contributed by atoms with Crippen LogP contribution in [-0.2, 0) is 18.2 Å². The quantitative estimate of drug-likeness (QED) is 0.407. The first-order chi connectivity index (χ1) is 11.5. The zero-order valence-corrected chi connectivity index (χ0v) is 18.5. The van der Waals surface area contributed by atoms with Crippen LogP contribution in [0.2, 0.25) is 0 Å². The normalized spacial score (nSPS) is 9.58. The van der Waals surface area contributed by atoms with Crippen molar-refractivity contribution < 1.29 is 18.2 Å². The number of hydrogen-bond donors (Lipinski definition) is 0. The Morgan fingerprint density at radius 1 is 0.917 bits per heavy atom. The molecule has 3 aromatic carbocycles. The predicted molar refractivity (Wildman–Crippen MR) is 105 cm³/mol.